The number of aryl methyl sites for hydroxylation is 1. The number of nitrogens with two attached hydrogens (primary N) is 1. The Balaban J connectivity index is 2.22. The minimum atomic E-state index is -1.39. The molecule has 21 heavy (non-hydrogen) atoms. The van der Waals surface area contributed by atoms with E-state index < -0.39 is 30.2 Å². The summed E-state index contributed by atoms with van der Waals surface area (Å²) in [7, 11) is 0. The minimum absolute atomic E-state index is 0.129. The van der Waals surface area contributed by atoms with Crippen LogP contribution in [-0.2, 0) is 9.59 Å². The summed E-state index contributed by atoms with van der Waals surface area (Å²) in [5.41, 5.74) is 5.90. The number of hydrogen-bond donors (Lipinski definition) is 3. The SMILES string of the molecule is Cc1noc2ncc(C(=O)N[C@H](CC(N)=O)C(=O)O)cc12. The molecule has 2 aromatic heterocycles. The predicted octanol–water partition coefficient (Wildman–Crippen LogP) is -0.410. The zero-order valence-electron chi connectivity index (χ0n) is 11.0. The number of primary amides is 1. The average molecular weight is 292 g/mol. The van der Waals surface area contributed by atoms with Crippen LogP contribution in [0.4, 0.5) is 0 Å². The van der Waals surface area contributed by atoms with Crippen LogP contribution < -0.4 is 11.1 Å². The number of nitrogens with one attached hydrogen (secondary N) is 1. The van der Waals surface area contributed by atoms with Crippen LogP contribution in [0.1, 0.15) is 22.5 Å². The van der Waals surface area contributed by atoms with Crippen LogP contribution in [0.25, 0.3) is 11.1 Å². The van der Waals surface area contributed by atoms with E-state index in [-0.39, 0.29) is 11.3 Å². The lowest BCUT2D eigenvalue weighted by Gasteiger charge is -2.12. The van der Waals surface area contributed by atoms with Crippen LogP contribution in [0.2, 0.25) is 0 Å². The number of fused-ring (bicyclic) bond motifs is 1. The molecule has 0 aliphatic carbocycles. The lowest BCUT2D eigenvalue weighted by Crippen LogP contribution is -2.43. The molecular weight excluding hydrogens is 280 g/mol. The number of amides is 2. The summed E-state index contributed by atoms with van der Waals surface area (Å²) in [6.07, 6.45) is 0.731. The molecule has 2 rings (SSSR count). The van der Waals surface area contributed by atoms with Crippen LogP contribution in [0.5, 0.6) is 0 Å². The number of carbonyl (C=O) groups excluding carboxylic acids is 2. The normalized spacial score (nSPS) is 12.0. The van der Waals surface area contributed by atoms with Gasteiger partial charge in [0.15, 0.2) is 0 Å². The highest BCUT2D eigenvalue weighted by Gasteiger charge is 2.23. The van der Waals surface area contributed by atoms with Gasteiger partial charge in [-0.15, -0.1) is 0 Å². The molecule has 0 unspecified atom stereocenters. The van der Waals surface area contributed by atoms with Crippen molar-refractivity contribution < 1.29 is 24.0 Å². The Hall–Kier alpha value is -2.97. The number of carboxylic acid groups (broad SMARTS) is 1. The van der Waals surface area contributed by atoms with Crippen molar-refractivity contribution in [1.29, 1.82) is 0 Å². The number of hydrogen-bond acceptors (Lipinski definition) is 6. The van der Waals surface area contributed by atoms with Gasteiger partial charge >= 0.3 is 5.97 Å². The second-order valence-corrected chi connectivity index (χ2v) is 4.38. The maximum atomic E-state index is 12.0. The summed E-state index contributed by atoms with van der Waals surface area (Å²) in [4.78, 5) is 37.7. The van der Waals surface area contributed by atoms with Crippen LogP contribution in [0.3, 0.4) is 0 Å². The zero-order valence-corrected chi connectivity index (χ0v) is 11.0. The molecule has 9 nitrogen and oxygen atoms in total. The van der Waals surface area contributed by atoms with Crippen molar-refractivity contribution in [2.24, 2.45) is 5.73 Å². The number of aliphatic carboxylic acids is 1. The van der Waals surface area contributed by atoms with E-state index in [2.05, 4.69) is 15.5 Å². The second-order valence-electron chi connectivity index (χ2n) is 4.38. The Morgan fingerprint density at radius 1 is 1.48 bits per heavy atom. The van der Waals surface area contributed by atoms with E-state index in [0.717, 1.165) is 0 Å². The van der Waals surface area contributed by atoms with Gasteiger partial charge in [0.2, 0.25) is 5.91 Å². The molecule has 0 aliphatic rings. The third-order valence-corrected chi connectivity index (χ3v) is 2.78. The van der Waals surface area contributed by atoms with Gasteiger partial charge in [-0.1, -0.05) is 5.16 Å². The standard InChI is InChI=1S/C12H12N4O5/c1-5-7-2-6(4-14-11(7)21-16-5)10(18)15-8(12(19)20)3-9(13)17/h2,4,8H,3H2,1H3,(H2,13,17)(H,15,18)(H,19,20)/t8-/m1/s1. The summed E-state index contributed by atoms with van der Waals surface area (Å²) >= 11 is 0. The molecule has 9 heteroatoms. The molecule has 0 saturated heterocycles. The molecule has 0 bridgehead atoms. The molecule has 110 valence electrons. The number of aromatic nitrogens is 2. The third kappa shape index (κ3) is 3.14. The number of rotatable bonds is 5. The highest BCUT2D eigenvalue weighted by molar-refractivity contribution is 5.99. The van der Waals surface area contributed by atoms with E-state index in [9.17, 15) is 14.4 Å². The highest BCUT2D eigenvalue weighted by Crippen LogP contribution is 2.16. The monoisotopic (exact) mass is 292 g/mol. The van der Waals surface area contributed by atoms with Gasteiger partial charge in [-0.2, -0.15) is 0 Å². The highest BCUT2D eigenvalue weighted by atomic mass is 16.5. The predicted molar refractivity (Wildman–Crippen MR) is 69.2 cm³/mol. The molecule has 0 aromatic carbocycles. The van der Waals surface area contributed by atoms with E-state index in [1.807, 2.05) is 0 Å². The van der Waals surface area contributed by atoms with Crippen molar-refractivity contribution in [1.82, 2.24) is 15.5 Å². The smallest absolute Gasteiger partial charge is 0.326 e. The molecule has 2 heterocycles. The van der Waals surface area contributed by atoms with Gasteiger partial charge in [-0.05, 0) is 13.0 Å². The first-order valence-electron chi connectivity index (χ1n) is 5.92. The lowest BCUT2D eigenvalue weighted by atomic mass is 10.1. The van der Waals surface area contributed by atoms with E-state index in [4.69, 9.17) is 15.4 Å². The molecule has 2 amide bonds. The Morgan fingerprint density at radius 3 is 2.81 bits per heavy atom. The van der Waals surface area contributed by atoms with Crippen molar-refractivity contribution in [3.8, 4) is 0 Å². The first kappa shape index (κ1) is 14.4. The van der Waals surface area contributed by atoms with Crippen LogP contribution in [-0.4, -0.2) is 39.1 Å². The Bertz CT molecular complexity index is 724. The van der Waals surface area contributed by atoms with Crippen LogP contribution >= 0.6 is 0 Å². The number of nitrogens with zero attached hydrogens (tertiary/aromatic N) is 2. The molecule has 0 fully saturated rings. The van der Waals surface area contributed by atoms with Gasteiger partial charge in [0.1, 0.15) is 6.04 Å². The fraction of sp³-hybridized carbons (Fsp3) is 0.250. The summed E-state index contributed by atoms with van der Waals surface area (Å²) in [5.74, 6) is -2.86. The largest absolute Gasteiger partial charge is 0.480 e. The molecule has 0 saturated carbocycles. The zero-order chi connectivity index (χ0) is 15.6. The third-order valence-electron chi connectivity index (χ3n) is 2.78. The quantitative estimate of drug-likeness (QED) is 0.678. The second kappa shape index (κ2) is 5.57. The first-order valence-corrected chi connectivity index (χ1v) is 5.92. The van der Waals surface area contributed by atoms with Crippen LogP contribution in [0.15, 0.2) is 16.8 Å². The molecule has 0 radical (unpaired) electrons. The van der Waals surface area contributed by atoms with Gasteiger partial charge in [0, 0.05) is 6.20 Å². The van der Waals surface area contributed by atoms with E-state index >= 15 is 0 Å². The van der Waals surface area contributed by atoms with Crippen molar-refractivity contribution in [3.63, 3.8) is 0 Å². The van der Waals surface area contributed by atoms with Crippen molar-refractivity contribution >= 4 is 28.9 Å². The molecular formula is C12H12N4O5. The molecule has 2 aromatic rings. The topological polar surface area (TPSA) is 148 Å². The van der Waals surface area contributed by atoms with Gasteiger partial charge in [-0.3, -0.25) is 9.59 Å². The molecule has 0 aliphatic heterocycles. The lowest BCUT2D eigenvalue weighted by molar-refractivity contribution is -0.140. The summed E-state index contributed by atoms with van der Waals surface area (Å²) in [5, 5.41) is 15.4. The molecule has 0 spiro atoms. The maximum absolute atomic E-state index is 12.0. The van der Waals surface area contributed by atoms with Gasteiger partial charge in [0.25, 0.3) is 11.6 Å². The Morgan fingerprint density at radius 2 is 2.19 bits per heavy atom. The fourth-order valence-electron chi connectivity index (χ4n) is 1.71. The summed E-state index contributed by atoms with van der Waals surface area (Å²) < 4.78 is 4.91. The van der Waals surface area contributed by atoms with Crippen molar-refractivity contribution in [3.05, 3.63) is 23.5 Å². The first-order chi connectivity index (χ1) is 9.88. The fourth-order valence-corrected chi connectivity index (χ4v) is 1.71. The summed E-state index contributed by atoms with van der Waals surface area (Å²) in [6.45, 7) is 1.68. The van der Waals surface area contributed by atoms with Gasteiger partial charge < -0.3 is 20.7 Å². The molecule has 1 atom stereocenters. The van der Waals surface area contributed by atoms with E-state index in [1.165, 1.54) is 12.3 Å². The molecule has 4 N–H and O–H groups in total. The van der Waals surface area contributed by atoms with Crippen molar-refractivity contribution in [2.45, 2.75) is 19.4 Å². The van der Waals surface area contributed by atoms with Gasteiger partial charge in [-0.25, -0.2) is 9.78 Å². The number of pyridine rings is 1. The van der Waals surface area contributed by atoms with Crippen LogP contribution in [0, 0.1) is 6.92 Å². The number of carboxylic acids is 1. The Kier molecular flexibility index (Phi) is 3.83. The average Bonchev–Trinajstić information content (AvgIpc) is 2.78. The maximum Gasteiger partial charge on any atom is 0.326 e. The van der Waals surface area contributed by atoms with E-state index in [1.54, 1.807) is 6.92 Å². The van der Waals surface area contributed by atoms with Crippen molar-refractivity contribution in [2.75, 3.05) is 0 Å². The van der Waals surface area contributed by atoms with E-state index in [0.29, 0.717) is 11.1 Å². The Labute approximate surface area is 118 Å². The number of carbonyl (C=O) groups is 3. The van der Waals surface area contributed by atoms with Gasteiger partial charge in [0.05, 0.1) is 23.1 Å². The minimum Gasteiger partial charge on any atom is -0.480 e. The summed E-state index contributed by atoms with van der Waals surface area (Å²) in [6, 6.07) is 0.0847.